The molecule has 1 N–H and O–H groups in total. The van der Waals surface area contributed by atoms with Crippen LogP contribution in [-0.4, -0.2) is 27.4 Å². The molecule has 3 rings (SSSR count). The number of aromatic nitrogens is 2. The van der Waals surface area contributed by atoms with E-state index in [-0.39, 0.29) is 24.0 Å². The summed E-state index contributed by atoms with van der Waals surface area (Å²) in [6, 6.07) is 14.1. The summed E-state index contributed by atoms with van der Waals surface area (Å²) in [6.45, 7) is 10.6. The number of ether oxygens (including phenoxy) is 1. The molecule has 35 heavy (non-hydrogen) atoms. The molecule has 0 bridgehead atoms. The number of allylic oxidation sites excluding steroid dienone is 1. The average Bonchev–Trinajstić information content (AvgIpc) is 3.22. The molecule has 0 saturated carbocycles. The third kappa shape index (κ3) is 10.2. The van der Waals surface area contributed by atoms with Crippen molar-refractivity contribution in [1.82, 2.24) is 9.55 Å². The predicted molar refractivity (Wildman–Crippen MR) is 151 cm³/mol. The van der Waals surface area contributed by atoms with Crippen molar-refractivity contribution in [3.63, 3.8) is 0 Å². The molecule has 1 atom stereocenters. The molecule has 0 aliphatic carbocycles. The monoisotopic (exact) mass is 560 g/mol. The first-order valence-electron chi connectivity index (χ1n) is 12.0. The Kier molecular flexibility index (Phi) is 11.5. The molecule has 0 unspecified atom stereocenters. The van der Waals surface area contributed by atoms with E-state index in [1.807, 2.05) is 63.6 Å². The van der Waals surface area contributed by atoms with E-state index in [1.165, 1.54) is 5.56 Å². The Morgan fingerprint density at radius 3 is 2.31 bits per heavy atom. The molecule has 0 aliphatic heterocycles. The molecule has 0 amide bonds. The van der Waals surface area contributed by atoms with Crippen LogP contribution in [0, 0.1) is 5.92 Å². The summed E-state index contributed by atoms with van der Waals surface area (Å²) in [4.78, 5) is 4.25. The molecule has 0 spiro atoms. The fourth-order valence-electron chi connectivity index (χ4n) is 3.66. The van der Waals surface area contributed by atoms with Crippen molar-refractivity contribution in [2.24, 2.45) is 13.0 Å². The highest BCUT2D eigenvalue weighted by Crippen LogP contribution is 2.27. The number of hydrogen-bond donors (Lipinski definition) is 1. The Morgan fingerprint density at radius 2 is 1.83 bits per heavy atom. The quantitative estimate of drug-likeness (QED) is 0.304. The standard InChI is InChI=1S/C21H24BrClO2.C8H14N2/c1-15(2)25-21-10-7-17(14-20(21)23)3-4-18(11-12-24)13-16-5-8-19(22)9-6-16;1-8(2,3)7-9-5-6-10(7)4/h3-10,14-15,18,24H,11-13H2,1-2H3;5-6H,1-4H3/b4-3+;/t18-;/m1./s1. The van der Waals surface area contributed by atoms with Gasteiger partial charge in [0.05, 0.1) is 11.1 Å². The SMILES string of the molecule is CC(C)Oc1ccc(/C=C/[C@H](CCO)Cc2ccc(Br)cc2)cc1Cl.Cn1ccnc1C(C)(C)C. The van der Waals surface area contributed by atoms with E-state index in [9.17, 15) is 5.11 Å². The Hall–Kier alpha value is -2.08. The first-order chi connectivity index (χ1) is 16.5. The van der Waals surface area contributed by atoms with Gasteiger partial charge in [-0.2, -0.15) is 0 Å². The van der Waals surface area contributed by atoms with E-state index in [1.54, 1.807) is 0 Å². The first kappa shape index (κ1) is 29.2. The van der Waals surface area contributed by atoms with Crippen molar-refractivity contribution < 1.29 is 9.84 Å². The summed E-state index contributed by atoms with van der Waals surface area (Å²) >= 11 is 9.75. The van der Waals surface area contributed by atoms with E-state index in [0.29, 0.717) is 10.8 Å². The molecule has 0 saturated heterocycles. The smallest absolute Gasteiger partial charge is 0.138 e. The van der Waals surface area contributed by atoms with Crippen molar-refractivity contribution in [3.05, 3.63) is 87.4 Å². The summed E-state index contributed by atoms with van der Waals surface area (Å²) in [7, 11) is 2.02. The summed E-state index contributed by atoms with van der Waals surface area (Å²) in [5.74, 6) is 2.11. The lowest BCUT2D eigenvalue weighted by molar-refractivity contribution is 0.242. The summed E-state index contributed by atoms with van der Waals surface area (Å²) in [6.07, 6.45) is 9.73. The lowest BCUT2D eigenvalue weighted by atomic mass is 9.95. The summed E-state index contributed by atoms with van der Waals surface area (Å²) < 4.78 is 8.79. The lowest BCUT2D eigenvalue weighted by Crippen LogP contribution is -2.16. The van der Waals surface area contributed by atoms with Gasteiger partial charge in [-0.15, -0.1) is 0 Å². The van der Waals surface area contributed by atoms with E-state index in [2.05, 4.69) is 70.5 Å². The zero-order chi connectivity index (χ0) is 26.0. The van der Waals surface area contributed by atoms with Crippen LogP contribution in [0.4, 0.5) is 0 Å². The number of benzene rings is 2. The number of hydrogen-bond acceptors (Lipinski definition) is 3. The Bertz CT molecular complexity index is 1070. The van der Waals surface area contributed by atoms with Crippen molar-refractivity contribution >= 4 is 33.6 Å². The van der Waals surface area contributed by atoms with Crippen LogP contribution in [0.25, 0.3) is 6.08 Å². The maximum Gasteiger partial charge on any atom is 0.138 e. The Labute approximate surface area is 224 Å². The third-order valence-electron chi connectivity index (χ3n) is 5.28. The fourth-order valence-corrected chi connectivity index (χ4v) is 4.16. The molecular formula is C29H38BrClN2O2. The molecule has 4 nitrogen and oxygen atoms in total. The minimum atomic E-state index is 0.0961. The predicted octanol–water partition coefficient (Wildman–Crippen LogP) is 7.86. The second kappa shape index (κ2) is 13.9. The first-order valence-corrected chi connectivity index (χ1v) is 13.1. The maximum atomic E-state index is 9.34. The number of imidazole rings is 1. The number of aryl methyl sites for hydroxylation is 1. The van der Waals surface area contributed by atoms with Gasteiger partial charge < -0.3 is 14.4 Å². The van der Waals surface area contributed by atoms with Crippen LogP contribution in [0.15, 0.2) is 65.4 Å². The van der Waals surface area contributed by atoms with Gasteiger partial charge in [-0.1, -0.05) is 78.7 Å². The number of aliphatic hydroxyl groups excluding tert-OH is 1. The van der Waals surface area contributed by atoms with Crippen LogP contribution >= 0.6 is 27.5 Å². The van der Waals surface area contributed by atoms with E-state index < -0.39 is 0 Å². The molecule has 0 fully saturated rings. The van der Waals surface area contributed by atoms with Gasteiger partial charge in [-0.25, -0.2) is 4.98 Å². The molecular weight excluding hydrogens is 524 g/mol. The number of nitrogens with zero attached hydrogens (tertiary/aromatic N) is 2. The van der Waals surface area contributed by atoms with Crippen LogP contribution < -0.4 is 4.74 Å². The van der Waals surface area contributed by atoms with Crippen LogP contribution in [0.2, 0.25) is 5.02 Å². The highest BCUT2D eigenvalue weighted by atomic mass is 79.9. The van der Waals surface area contributed by atoms with Crippen molar-refractivity contribution in [3.8, 4) is 5.75 Å². The Morgan fingerprint density at radius 1 is 1.14 bits per heavy atom. The van der Waals surface area contributed by atoms with Gasteiger partial charge in [-0.3, -0.25) is 0 Å². The van der Waals surface area contributed by atoms with Gasteiger partial charge in [0.25, 0.3) is 0 Å². The average molecular weight is 562 g/mol. The number of rotatable bonds is 8. The largest absolute Gasteiger partial charge is 0.489 e. The highest BCUT2D eigenvalue weighted by Gasteiger charge is 2.17. The third-order valence-corrected chi connectivity index (χ3v) is 6.11. The minimum absolute atomic E-state index is 0.0961. The van der Waals surface area contributed by atoms with Crippen LogP contribution in [-0.2, 0) is 18.9 Å². The maximum absolute atomic E-state index is 9.34. The number of halogens is 2. The van der Waals surface area contributed by atoms with Gasteiger partial charge in [0, 0.05) is 35.9 Å². The molecule has 2 aromatic carbocycles. The van der Waals surface area contributed by atoms with Gasteiger partial charge in [0.1, 0.15) is 11.6 Å². The van der Waals surface area contributed by atoms with Crippen LogP contribution in [0.5, 0.6) is 5.75 Å². The molecule has 1 heterocycles. The van der Waals surface area contributed by atoms with E-state index in [0.717, 1.165) is 28.7 Å². The fraction of sp³-hybridized carbons (Fsp3) is 0.414. The Balaban J connectivity index is 0.000000360. The second-order valence-corrected chi connectivity index (χ2v) is 11.3. The topological polar surface area (TPSA) is 47.3 Å². The van der Waals surface area contributed by atoms with Crippen LogP contribution in [0.3, 0.4) is 0 Å². The molecule has 1 aromatic heterocycles. The normalized spacial score (nSPS) is 12.5. The summed E-state index contributed by atoms with van der Waals surface area (Å²) in [5.41, 5.74) is 2.45. The van der Waals surface area contributed by atoms with Crippen LogP contribution in [0.1, 0.15) is 58.0 Å². The van der Waals surface area contributed by atoms with E-state index in [4.69, 9.17) is 16.3 Å². The zero-order valence-electron chi connectivity index (χ0n) is 21.6. The number of aliphatic hydroxyl groups is 1. The molecule has 190 valence electrons. The summed E-state index contributed by atoms with van der Waals surface area (Å²) in [5, 5.41) is 9.95. The van der Waals surface area contributed by atoms with Crippen molar-refractivity contribution in [2.75, 3.05) is 6.61 Å². The van der Waals surface area contributed by atoms with Gasteiger partial charge in [0.2, 0.25) is 0 Å². The van der Waals surface area contributed by atoms with Gasteiger partial charge in [0.15, 0.2) is 0 Å². The van der Waals surface area contributed by atoms with Crippen molar-refractivity contribution in [2.45, 2.75) is 59.0 Å². The highest BCUT2D eigenvalue weighted by molar-refractivity contribution is 9.10. The minimum Gasteiger partial charge on any atom is -0.489 e. The zero-order valence-corrected chi connectivity index (χ0v) is 24.0. The van der Waals surface area contributed by atoms with Gasteiger partial charge in [-0.05, 0) is 68.0 Å². The molecule has 0 radical (unpaired) electrons. The van der Waals surface area contributed by atoms with E-state index >= 15 is 0 Å². The molecule has 0 aliphatic rings. The molecule has 3 aromatic rings. The lowest BCUT2D eigenvalue weighted by Gasteiger charge is -2.17. The van der Waals surface area contributed by atoms with Crippen molar-refractivity contribution in [1.29, 1.82) is 0 Å². The molecule has 6 heteroatoms. The van der Waals surface area contributed by atoms with Gasteiger partial charge >= 0.3 is 0 Å². The second-order valence-electron chi connectivity index (χ2n) is 9.93.